The topological polar surface area (TPSA) is 98.6 Å². The van der Waals surface area contributed by atoms with Crippen molar-refractivity contribution >= 4 is 27.3 Å². The molecule has 26 heavy (non-hydrogen) atoms. The van der Waals surface area contributed by atoms with Gasteiger partial charge in [-0.15, -0.1) is 0 Å². The molecule has 0 amide bonds. The number of nitro groups is 1. The van der Waals surface area contributed by atoms with Gasteiger partial charge in [0.2, 0.25) is 0 Å². The fraction of sp³-hybridized carbons (Fsp3) is 0.0526. The summed E-state index contributed by atoms with van der Waals surface area (Å²) in [5, 5.41) is 18.8. The summed E-state index contributed by atoms with van der Waals surface area (Å²) < 4.78 is 6.69. The number of nitrogen functional groups attached to an aromatic ring is 1. The van der Waals surface area contributed by atoms with Gasteiger partial charge in [0.25, 0.3) is 5.69 Å². The number of phenolic OH excluding ortho intramolecular Hbond substituents is 1. The summed E-state index contributed by atoms with van der Waals surface area (Å²) in [5.74, 6) is 0.706. The Hall–Kier alpha value is -3.06. The van der Waals surface area contributed by atoms with E-state index in [1.165, 1.54) is 18.2 Å². The lowest BCUT2D eigenvalue weighted by Crippen LogP contribution is -1.95. The van der Waals surface area contributed by atoms with Crippen LogP contribution in [0, 0.1) is 10.1 Å². The van der Waals surface area contributed by atoms with E-state index in [2.05, 4.69) is 15.9 Å². The van der Waals surface area contributed by atoms with E-state index in [4.69, 9.17) is 15.6 Å². The smallest absolute Gasteiger partial charge is 0.273 e. The van der Waals surface area contributed by atoms with E-state index in [0.717, 1.165) is 21.9 Å². The van der Waals surface area contributed by atoms with Gasteiger partial charge in [-0.2, -0.15) is 0 Å². The number of nitro benzene ring substituents is 1. The first kappa shape index (κ1) is 19.3. The van der Waals surface area contributed by atoms with E-state index in [1.54, 1.807) is 0 Å². The van der Waals surface area contributed by atoms with Crippen molar-refractivity contribution in [1.29, 1.82) is 0 Å². The zero-order chi connectivity index (χ0) is 18.9. The lowest BCUT2D eigenvalue weighted by atomic mass is 10.2. The predicted molar refractivity (Wildman–Crippen MR) is 104 cm³/mol. The van der Waals surface area contributed by atoms with Crippen molar-refractivity contribution in [2.75, 3.05) is 5.73 Å². The number of benzene rings is 3. The second-order valence-electron chi connectivity index (χ2n) is 5.26. The summed E-state index contributed by atoms with van der Waals surface area (Å²) in [6.07, 6.45) is 0. The van der Waals surface area contributed by atoms with Crippen LogP contribution < -0.4 is 10.5 Å². The van der Waals surface area contributed by atoms with Gasteiger partial charge in [-0.25, -0.2) is 0 Å². The van der Waals surface area contributed by atoms with Crippen molar-refractivity contribution in [3.63, 3.8) is 0 Å². The van der Waals surface area contributed by atoms with Gasteiger partial charge in [-0.3, -0.25) is 10.1 Å². The summed E-state index contributed by atoms with van der Waals surface area (Å²) in [4.78, 5) is 9.49. The highest BCUT2D eigenvalue weighted by Gasteiger charge is 2.03. The average molecular weight is 417 g/mol. The van der Waals surface area contributed by atoms with Gasteiger partial charge >= 0.3 is 0 Å². The first-order valence-electron chi connectivity index (χ1n) is 7.60. The first-order valence-corrected chi connectivity index (χ1v) is 8.39. The van der Waals surface area contributed by atoms with Crippen molar-refractivity contribution in [2.45, 2.75) is 6.61 Å². The third-order valence-corrected chi connectivity index (χ3v) is 3.75. The summed E-state index contributed by atoms with van der Waals surface area (Å²) >= 11 is 3.39. The summed E-state index contributed by atoms with van der Waals surface area (Å²) in [6.45, 7) is 0.552. The number of phenols is 1. The van der Waals surface area contributed by atoms with E-state index >= 15 is 0 Å². The Balaban J connectivity index is 0.000000209. The molecule has 0 saturated heterocycles. The molecule has 3 aromatic carbocycles. The Morgan fingerprint density at radius 1 is 1.04 bits per heavy atom. The lowest BCUT2D eigenvalue weighted by Gasteiger charge is -2.06. The Morgan fingerprint density at radius 3 is 2.31 bits per heavy atom. The van der Waals surface area contributed by atoms with Gasteiger partial charge < -0.3 is 15.6 Å². The van der Waals surface area contributed by atoms with Crippen LogP contribution in [0.5, 0.6) is 11.5 Å². The maximum Gasteiger partial charge on any atom is 0.273 e. The average Bonchev–Trinajstić information content (AvgIpc) is 2.62. The lowest BCUT2D eigenvalue weighted by molar-refractivity contribution is -0.384. The molecule has 134 valence electrons. The fourth-order valence-corrected chi connectivity index (χ4v) is 2.22. The summed E-state index contributed by atoms with van der Waals surface area (Å²) in [7, 11) is 0. The molecule has 0 aromatic heterocycles. The standard InChI is InChI=1S/C13H12BrNO.C6H5NO3/c14-11-6-4-10(5-7-11)9-16-13-3-1-2-12(15)8-13;8-6-3-1-2-5(4-6)7(9)10/h1-8H,9,15H2;1-4,8H. The molecule has 3 rings (SSSR count). The monoisotopic (exact) mass is 416 g/mol. The molecule has 0 bridgehead atoms. The molecule has 7 heteroatoms. The molecule has 0 radical (unpaired) electrons. The molecule has 0 unspecified atom stereocenters. The molecule has 0 atom stereocenters. The first-order chi connectivity index (χ1) is 12.4. The molecule has 0 aliphatic carbocycles. The zero-order valence-corrected chi connectivity index (χ0v) is 15.3. The van der Waals surface area contributed by atoms with E-state index in [9.17, 15) is 10.1 Å². The Kier molecular flexibility index (Phi) is 6.99. The van der Waals surface area contributed by atoms with E-state index in [1.807, 2.05) is 48.5 Å². The van der Waals surface area contributed by atoms with E-state index in [-0.39, 0.29) is 11.4 Å². The molecule has 0 aliphatic rings. The number of non-ortho nitro benzene ring substituents is 1. The molecule has 3 N–H and O–H groups in total. The van der Waals surface area contributed by atoms with Gasteiger partial charge in [0.1, 0.15) is 18.1 Å². The van der Waals surface area contributed by atoms with Crippen molar-refractivity contribution in [3.05, 3.63) is 92.9 Å². The highest BCUT2D eigenvalue weighted by atomic mass is 79.9. The summed E-state index contributed by atoms with van der Waals surface area (Å²) in [5.41, 5.74) is 7.41. The van der Waals surface area contributed by atoms with Crippen LogP contribution in [-0.2, 0) is 6.61 Å². The Morgan fingerprint density at radius 2 is 1.73 bits per heavy atom. The number of hydrogen-bond donors (Lipinski definition) is 2. The van der Waals surface area contributed by atoms with Crippen LogP contribution in [0.15, 0.2) is 77.3 Å². The highest BCUT2D eigenvalue weighted by Crippen LogP contribution is 2.18. The molecule has 0 heterocycles. The predicted octanol–water partition coefficient (Wildman–Crippen LogP) is 4.91. The van der Waals surface area contributed by atoms with Gasteiger partial charge in [0.05, 0.1) is 11.0 Å². The quantitative estimate of drug-likeness (QED) is 0.357. The van der Waals surface area contributed by atoms with Crippen LogP contribution in [0.3, 0.4) is 0 Å². The Bertz CT molecular complexity index is 869. The third kappa shape index (κ3) is 6.45. The highest BCUT2D eigenvalue weighted by molar-refractivity contribution is 9.10. The van der Waals surface area contributed by atoms with Crippen molar-refractivity contribution in [3.8, 4) is 11.5 Å². The molecule has 0 aliphatic heterocycles. The molecular formula is C19H17BrN2O4. The number of nitrogens with zero attached hydrogens (tertiary/aromatic N) is 1. The van der Waals surface area contributed by atoms with Crippen molar-refractivity contribution in [2.24, 2.45) is 0 Å². The normalized spacial score (nSPS) is 9.73. The number of aromatic hydroxyl groups is 1. The van der Waals surface area contributed by atoms with Crippen LogP contribution in [0.4, 0.5) is 11.4 Å². The van der Waals surface area contributed by atoms with Gasteiger partial charge in [0, 0.05) is 22.3 Å². The number of rotatable bonds is 4. The number of halogens is 1. The molecular weight excluding hydrogens is 400 g/mol. The maximum absolute atomic E-state index is 10.0. The van der Waals surface area contributed by atoms with Gasteiger partial charge in [-0.05, 0) is 35.9 Å². The fourth-order valence-electron chi connectivity index (χ4n) is 1.96. The number of hydrogen-bond acceptors (Lipinski definition) is 5. The Labute approximate surface area is 159 Å². The van der Waals surface area contributed by atoms with Crippen LogP contribution in [0.1, 0.15) is 5.56 Å². The van der Waals surface area contributed by atoms with Crippen molar-refractivity contribution < 1.29 is 14.8 Å². The third-order valence-electron chi connectivity index (χ3n) is 3.22. The minimum absolute atomic E-state index is 0.0887. The van der Waals surface area contributed by atoms with E-state index in [0.29, 0.717) is 12.3 Å². The number of nitrogens with two attached hydrogens (primary N) is 1. The second kappa shape index (κ2) is 9.43. The molecule has 0 spiro atoms. The SMILES string of the molecule is Nc1cccc(OCc2ccc(Br)cc2)c1.O=[N+]([O-])c1cccc(O)c1. The number of ether oxygens (including phenoxy) is 1. The molecule has 6 nitrogen and oxygen atoms in total. The zero-order valence-electron chi connectivity index (χ0n) is 13.7. The van der Waals surface area contributed by atoms with E-state index < -0.39 is 4.92 Å². The minimum Gasteiger partial charge on any atom is -0.508 e. The molecule has 0 saturated carbocycles. The van der Waals surface area contributed by atoms with Gasteiger partial charge in [0.15, 0.2) is 0 Å². The maximum atomic E-state index is 10.0. The van der Waals surface area contributed by atoms with Crippen molar-refractivity contribution in [1.82, 2.24) is 0 Å². The molecule has 0 fully saturated rings. The van der Waals surface area contributed by atoms with Crippen LogP contribution in [-0.4, -0.2) is 10.0 Å². The summed E-state index contributed by atoms with van der Waals surface area (Å²) in [6, 6.07) is 20.7. The molecule has 3 aromatic rings. The van der Waals surface area contributed by atoms with Gasteiger partial charge in [-0.1, -0.05) is 40.2 Å². The largest absolute Gasteiger partial charge is 0.508 e. The van der Waals surface area contributed by atoms with Crippen LogP contribution in [0.2, 0.25) is 0 Å². The van der Waals surface area contributed by atoms with Crippen LogP contribution in [0.25, 0.3) is 0 Å². The number of anilines is 1. The minimum atomic E-state index is -0.556. The van der Waals surface area contributed by atoms with Crippen LogP contribution >= 0.6 is 15.9 Å². The second-order valence-corrected chi connectivity index (χ2v) is 6.18.